The van der Waals surface area contributed by atoms with Gasteiger partial charge in [-0.25, -0.2) is 9.18 Å². The number of nitrogens with one attached hydrogen (secondary N) is 1. The van der Waals surface area contributed by atoms with E-state index in [0.29, 0.717) is 28.0 Å². The Balaban J connectivity index is 1.47. The zero-order valence-electron chi connectivity index (χ0n) is 18.7. The number of furan rings is 1. The second-order valence-corrected chi connectivity index (χ2v) is 8.28. The number of aromatic nitrogens is 2. The second-order valence-electron chi connectivity index (χ2n) is 8.28. The fourth-order valence-electron chi connectivity index (χ4n) is 4.31. The lowest BCUT2D eigenvalue weighted by Gasteiger charge is -2.13. The quantitative estimate of drug-likeness (QED) is 0.407. The van der Waals surface area contributed by atoms with Gasteiger partial charge in [0.15, 0.2) is 11.5 Å². The van der Waals surface area contributed by atoms with Crippen LogP contribution in [0.1, 0.15) is 5.56 Å². The summed E-state index contributed by atoms with van der Waals surface area (Å²) in [7, 11) is 0. The molecule has 1 N–H and O–H groups in total. The Morgan fingerprint density at radius 3 is 2.64 bits per heavy atom. The highest BCUT2D eigenvalue weighted by Crippen LogP contribution is 2.32. The van der Waals surface area contributed by atoms with Crippen LogP contribution in [0.5, 0.6) is 11.5 Å². The Hall–Kier alpha value is -4.86. The molecule has 36 heavy (non-hydrogen) atoms. The van der Waals surface area contributed by atoms with E-state index in [9.17, 15) is 18.8 Å². The second kappa shape index (κ2) is 8.42. The average Bonchev–Trinajstić information content (AvgIpc) is 3.49. The van der Waals surface area contributed by atoms with Gasteiger partial charge in [0, 0.05) is 11.1 Å². The smallest absolute Gasteiger partial charge is 0.332 e. The molecule has 3 heterocycles. The number of carbonyl (C=O) groups is 1. The molecule has 9 nitrogen and oxygen atoms in total. The zero-order chi connectivity index (χ0) is 24.8. The van der Waals surface area contributed by atoms with Crippen molar-refractivity contribution in [1.29, 1.82) is 0 Å². The predicted octanol–water partition coefficient (Wildman–Crippen LogP) is 3.46. The van der Waals surface area contributed by atoms with Crippen molar-refractivity contribution in [1.82, 2.24) is 9.13 Å². The van der Waals surface area contributed by atoms with Crippen LogP contribution in [-0.4, -0.2) is 21.8 Å². The van der Waals surface area contributed by atoms with Crippen LogP contribution < -0.4 is 26.0 Å². The van der Waals surface area contributed by atoms with E-state index in [0.717, 1.165) is 4.57 Å². The molecule has 0 radical (unpaired) electrons. The normalized spacial score (nSPS) is 12.4. The average molecular weight is 487 g/mol. The number of amides is 1. The zero-order valence-corrected chi connectivity index (χ0v) is 18.7. The number of fused-ring (bicyclic) bond motifs is 4. The van der Waals surface area contributed by atoms with Gasteiger partial charge in [0.2, 0.25) is 18.3 Å². The van der Waals surface area contributed by atoms with E-state index in [1.165, 1.54) is 28.8 Å². The minimum absolute atomic E-state index is 0.0462. The van der Waals surface area contributed by atoms with Crippen molar-refractivity contribution >= 4 is 33.7 Å². The molecule has 0 saturated heterocycles. The minimum Gasteiger partial charge on any atom is -0.454 e. The number of nitrogens with zero attached hydrogens (tertiary/aromatic N) is 2. The Morgan fingerprint density at radius 2 is 1.78 bits per heavy atom. The Kier molecular flexibility index (Phi) is 5.06. The van der Waals surface area contributed by atoms with Gasteiger partial charge >= 0.3 is 5.69 Å². The molecule has 5 aromatic rings. The first-order valence-electron chi connectivity index (χ1n) is 11.1. The van der Waals surface area contributed by atoms with Crippen LogP contribution in [0.2, 0.25) is 0 Å². The van der Waals surface area contributed by atoms with Crippen LogP contribution in [0, 0.1) is 5.82 Å². The third kappa shape index (κ3) is 3.68. The molecule has 10 heteroatoms. The van der Waals surface area contributed by atoms with Crippen molar-refractivity contribution in [2.75, 3.05) is 12.1 Å². The van der Waals surface area contributed by atoms with Crippen molar-refractivity contribution < 1.29 is 23.1 Å². The van der Waals surface area contributed by atoms with E-state index < -0.39 is 29.5 Å². The molecule has 0 unspecified atom stereocenters. The van der Waals surface area contributed by atoms with Crippen molar-refractivity contribution in [3.63, 3.8) is 0 Å². The maximum Gasteiger partial charge on any atom is 0.332 e. The lowest BCUT2D eigenvalue weighted by Crippen LogP contribution is -2.41. The molecular formula is C26H18FN3O6. The molecule has 0 spiro atoms. The number of para-hydroxylation sites is 1. The fourth-order valence-corrected chi connectivity index (χ4v) is 4.31. The summed E-state index contributed by atoms with van der Waals surface area (Å²) in [6.07, 6.45) is 0. The van der Waals surface area contributed by atoms with Gasteiger partial charge in [-0.1, -0.05) is 24.3 Å². The van der Waals surface area contributed by atoms with Crippen LogP contribution in [0.3, 0.4) is 0 Å². The Morgan fingerprint density at radius 1 is 0.944 bits per heavy atom. The number of carbonyl (C=O) groups excluding carboxylic acids is 1. The van der Waals surface area contributed by atoms with Gasteiger partial charge in [0.25, 0.3) is 5.56 Å². The maximum atomic E-state index is 13.6. The van der Waals surface area contributed by atoms with E-state index >= 15 is 0 Å². The molecule has 1 aliphatic heterocycles. The fraction of sp³-hybridized carbons (Fsp3) is 0.115. The first-order valence-corrected chi connectivity index (χ1v) is 11.1. The van der Waals surface area contributed by atoms with Gasteiger partial charge in [0.05, 0.1) is 6.54 Å². The van der Waals surface area contributed by atoms with Gasteiger partial charge in [-0.2, -0.15) is 0 Å². The van der Waals surface area contributed by atoms with Crippen molar-refractivity contribution in [3.8, 4) is 11.5 Å². The molecule has 1 amide bonds. The lowest BCUT2D eigenvalue weighted by molar-refractivity contribution is -0.116. The van der Waals surface area contributed by atoms with Crippen molar-refractivity contribution in [3.05, 3.63) is 98.9 Å². The monoisotopic (exact) mass is 487 g/mol. The molecule has 0 saturated carbocycles. The van der Waals surface area contributed by atoms with Gasteiger partial charge in [0.1, 0.15) is 23.5 Å². The summed E-state index contributed by atoms with van der Waals surface area (Å²) in [5.41, 5.74) is 0.146. The topological polar surface area (TPSA) is 105 Å². The third-order valence-electron chi connectivity index (χ3n) is 5.93. The largest absolute Gasteiger partial charge is 0.454 e. The molecule has 6 rings (SSSR count). The van der Waals surface area contributed by atoms with E-state index in [2.05, 4.69) is 5.32 Å². The van der Waals surface area contributed by atoms with Gasteiger partial charge in [-0.05, 0) is 48.0 Å². The van der Waals surface area contributed by atoms with Crippen molar-refractivity contribution in [2.45, 2.75) is 13.1 Å². The third-order valence-corrected chi connectivity index (χ3v) is 5.93. The SMILES string of the molecule is O=C(Cn1c(=O)n(Cc2ccc3c(c2)OCO3)c(=O)c2oc3ccccc3c21)Nc1cccc(F)c1. The van der Waals surface area contributed by atoms with Gasteiger partial charge in [-0.15, -0.1) is 0 Å². The maximum absolute atomic E-state index is 13.6. The molecule has 2 aromatic heterocycles. The first kappa shape index (κ1) is 21.7. The predicted molar refractivity (Wildman–Crippen MR) is 129 cm³/mol. The molecule has 0 atom stereocenters. The standard InChI is InChI=1S/C26H18FN3O6/c27-16-4-3-5-17(11-16)28-22(31)13-29-23-18-6-1-2-7-19(18)36-24(23)25(32)30(26(29)33)12-15-8-9-20-21(10-15)35-14-34-20/h1-11H,12-14H2,(H,28,31). The van der Waals surface area contributed by atoms with Crippen LogP contribution in [0.15, 0.2) is 80.7 Å². The number of benzene rings is 3. The summed E-state index contributed by atoms with van der Waals surface area (Å²) in [6, 6.07) is 17.4. The summed E-state index contributed by atoms with van der Waals surface area (Å²) < 4.78 is 32.3. The molecular weight excluding hydrogens is 469 g/mol. The number of rotatable bonds is 5. The molecule has 1 aliphatic rings. The summed E-state index contributed by atoms with van der Waals surface area (Å²) >= 11 is 0. The number of ether oxygens (including phenoxy) is 2. The first-order chi connectivity index (χ1) is 17.5. The van der Waals surface area contributed by atoms with E-state index in [1.807, 2.05) is 0 Å². The van der Waals surface area contributed by atoms with Gasteiger partial charge < -0.3 is 19.2 Å². The van der Waals surface area contributed by atoms with E-state index in [-0.39, 0.29) is 30.1 Å². The van der Waals surface area contributed by atoms with Crippen molar-refractivity contribution in [2.24, 2.45) is 0 Å². The number of hydrogen-bond acceptors (Lipinski definition) is 6. The van der Waals surface area contributed by atoms with Crippen LogP contribution in [0.25, 0.3) is 22.1 Å². The number of anilines is 1. The van der Waals surface area contributed by atoms with Crippen LogP contribution in [0.4, 0.5) is 10.1 Å². The summed E-state index contributed by atoms with van der Waals surface area (Å²) in [4.78, 5) is 39.9. The highest BCUT2D eigenvalue weighted by Gasteiger charge is 2.22. The Labute approximate surface area is 201 Å². The summed E-state index contributed by atoms with van der Waals surface area (Å²) in [6.45, 7) is -0.402. The molecule has 0 aliphatic carbocycles. The minimum atomic E-state index is -0.689. The molecule has 0 fully saturated rings. The number of hydrogen-bond donors (Lipinski definition) is 1. The van der Waals surface area contributed by atoms with Gasteiger partial charge in [-0.3, -0.25) is 18.7 Å². The molecule has 0 bridgehead atoms. The van der Waals surface area contributed by atoms with Crippen LogP contribution >= 0.6 is 0 Å². The van der Waals surface area contributed by atoms with E-state index in [1.54, 1.807) is 42.5 Å². The molecule has 180 valence electrons. The lowest BCUT2D eigenvalue weighted by atomic mass is 10.2. The highest BCUT2D eigenvalue weighted by molar-refractivity contribution is 6.03. The highest BCUT2D eigenvalue weighted by atomic mass is 19.1. The summed E-state index contributed by atoms with van der Waals surface area (Å²) in [5, 5.41) is 3.11. The summed E-state index contributed by atoms with van der Waals surface area (Å²) in [5.74, 6) is 0.0124. The molecule has 3 aromatic carbocycles. The van der Waals surface area contributed by atoms with E-state index in [4.69, 9.17) is 13.9 Å². The Bertz CT molecular complexity index is 1780. The van der Waals surface area contributed by atoms with Crippen LogP contribution in [-0.2, 0) is 17.9 Å². The number of halogens is 1.